The molecule has 0 saturated carbocycles. The number of aliphatic carboxylic acids is 1. The van der Waals surface area contributed by atoms with Crippen molar-refractivity contribution in [1.29, 1.82) is 0 Å². The number of carboxylic acid groups (broad SMARTS) is 1. The number of carbonyl (C=O) groups is 2. The number of carboxylic acids is 1. The maximum Gasteiger partial charge on any atom is 0.327 e. The quantitative estimate of drug-likeness (QED) is 0.414. The van der Waals surface area contributed by atoms with E-state index >= 15 is 0 Å². The maximum atomic E-state index is 10.7. The SMILES string of the molecule is CC(=O)N[C@@H](CSCCC(O)CO)C(=O)O. The molecule has 0 heterocycles. The fourth-order valence-corrected chi connectivity index (χ4v) is 2.00. The van der Waals surface area contributed by atoms with Gasteiger partial charge in [-0.1, -0.05) is 0 Å². The molecule has 1 amide bonds. The number of hydrogen-bond donors (Lipinski definition) is 4. The van der Waals surface area contributed by atoms with Crippen LogP contribution in [0, 0.1) is 0 Å². The molecule has 0 aromatic carbocycles. The first-order valence-electron chi connectivity index (χ1n) is 4.84. The molecule has 7 heteroatoms. The topological polar surface area (TPSA) is 107 Å². The Morgan fingerprint density at radius 3 is 2.50 bits per heavy atom. The second-order valence-electron chi connectivity index (χ2n) is 3.29. The van der Waals surface area contributed by atoms with Crippen LogP contribution in [-0.2, 0) is 9.59 Å². The molecule has 0 rings (SSSR count). The number of carbonyl (C=O) groups excluding carboxylic acids is 1. The molecule has 16 heavy (non-hydrogen) atoms. The van der Waals surface area contributed by atoms with Crippen LogP contribution in [-0.4, -0.2) is 57.5 Å². The van der Waals surface area contributed by atoms with Crippen LogP contribution in [0.2, 0.25) is 0 Å². The zero-order valence-electron chi connectivity index (χ0n) is 9.05. The third kappa shape index (κ3) is 7.49. The van der Waals surface area contributed by atoms with Gasteiger partial charge in [-0.25, -0.2) is 4.79 Å². The van der Waals surface area contributed by atoms with Crippen LogP contribution in [0.5, 0.6) is 0 Å². The standard InChI is InChI=1S/C9H17NO5S/c1-6(12)10-8(9(14)15)5-16-3-2-7(13)4-11/h7-8,11,13H,2-5H2,1H3,(H,10,12)(H,14,15)/t7?,8-/m0/s1. The van der Waals surface area contributed by atoms with Crippen molar-refractivity contribution in [1.82, 2.24) is 5.32 Å². The van der Waals surface area contributed by atoms with E-state index in [1.54, 1.807) is 0 Å². The summed E-state index contributed by atoms with van der Waals surface area (Å²) < 4.78 is 0. The first-order valence-corrected chi connectivity index (χ1v) is 5.99. The Morgan fingerprint density at radius 1 is 1.44 bits per heavy atom. The van der Waals surface area contributed by atoms with E-state index in [4.69, 9.17) is 15.3 Å². The highest BCUT2D eigenvalue weighted by molar-refractivity contribution is 7.99. The molecule has 0 aromatic heterocycles. The maximum absolute atomic E-state index is 10.7. The number of thioether (sulfide) groups is 1. The summed E-state index contributed by atoms with van der Waals surface area (Å²) in [6, 6.07) is -0.909. The fourth-order valence-electron chi connectivity index (χ4n) is 0.932. The highest BCUT2D eigenvalue weighted by atomic mass is 32.2. The van der Waals surface area contributed by atoms with Gasteiger partial charge >= 0.3 is 5.97 Å². The van der Waals surface area contributed by atoms with Gasteiger partial charge in [-0.3, -0.25) is 4.79 Å². The lowest BCUT2D eigenvalue weighted by molar-refractivity contribution is -0.140. The Morgan fingerprint density at radius 2 is 2.06 bits per heavy atom. The van der Waals surface area contributed by atoms with E-state index in [0.29, 0.717) is 12.2 Å². The lowest BCUT2D eigenvalue weighted by atomic mass is 10.3. The largest absolute Gasteiger partial charge is 0.480 e. The van der Waals surface area contributed by atoms with Crippen LogP contribution in [0.25, 0.3) is 0 Å². The van der Waals surface area contributed by atoms with E-state index < -0.39 is 18.1 Å². The molecule has 0 aliphatic rings. The summed E-state index contributed by atoms with van der Waals surface area (Å²) in [6.07, 6.45) is -0.371. The molecule has 0 aliphatic carbocycles. The predicted octanol–water partition coefficient (Wildman–Crippen LogP) is -0.948. The van der Waals surface area contributed by atoms with Crippen molar-refractivity contribution in [3.8, 4) is 0 Å². The normalized spacial score (nSPS) is 14.2. The van der Waals surface area contributed by atoms with E-state index in [-0.39, 0.29) is 18.3 Å². The first kappa shape index (κ1) is 15.2. The minimum Gasteiger partial charge on any atom is -0.480 e. The Bertz CT molecular complexity index is 236. The molecule has 94 valence electrons. The van der Waals surface area contributed by atoms with Crippen molar-refractivity contribution in [2.45, 2.75) is 25.5 Å². The molecular formula is C9H17NO5S. The Labute approximate surface area is 98.0 Å². The van der Waals surface area contributed by atoms with Gasteiger partial charge < -0.3 is 20.6 Å². The minimum absolute atomic E-state index is 0.243. The van der Waals surface area contributed by atoms with E-state index in [0.717, 1.165) is 0 Å². The van der Waals surface area contributed by atoms with E-state index in [1.165, 1.54) is 18.7 Å². The predicted molar refractivity (Wildman–Crippen MR) is 60.3 cm³/mol. The van der Waals surface area contributed by atoms with Crippen LogP contribution >= 0.6 is 11.8 Å². The van der Waals surface area contributed by atoms with Crippen molar-refractivity contribution in [2.24, 2.45) is 0 Å². The zero-order chi connectivity index (χ0) is 12.6. The van der Waals surface area contributed by atoms with Crippen LogP contribution in [0.3, 0.4) is 0 Å². The van der Waals surface area contributed by atoms with Crippen molar-refractivity contribution < 1.29 is 24.9 Å². The molecule has 0 aromatic rings. The monoisotopic (exact) mass is 251 g/mol. The number of aliphatic hydroxyl groups is 2. The molecule has 0 aliphatic heterocycles. The van der Waals surface area contributed by atoms with Crippen LogP contribution in [0.15, 0.2) is 0 Å². The van der Waals surface area contributed by atoms with Gasteiger partial charge in [-0.2, -0.15) is 11.8 Å². The minimum atomic E-state index is -1.08. The molecular weight excluding hydrogens is 234 g/mol. The summed E-state index contributed by atoms with van der Waals surface area (Å²) in [7, 11) is 0. The molecule has 1 unspecified atom stereocenters. The molecule has 2 atom stereocenters. The smallest absolute Gasteiger partial charge is 0.327 e. The summed E-state index contributed by atoms with van der Waals surface area (Å²) >= 11 is 1.31. The lowest BCUT2D eigenvalue weighted by Gasteiger charge is -2.13. The molecule has 0 saturated heterocycles. The van der Waals surface area contributed by atoms with Crippen molar-refractivity contribution in [3.05, 3.63) is 0 Å². The number of amides is 1. The zero-order valence-corrected chi connectivity index (χ0v) is 9.87. The van der Waals surface area contributed by atoms with Gasteiger partial charge in [0.05, 0.1) is 12.7 Å². The molecule has 0 fully saturated rings. The highest BCUT2D eigenvalue weighted by Crippen LogP contribution is 2.07. The fraction of sp³-hybridized carbons (Fsp3) is 0.778. The average molecular weight is 251 g/mol. The van der Waals surface area contributed by atoms with Crippen LogP contribution in [0.4, 0.5) is 0 Å². The molecule has 0 spiro atoms. The van der Waals surface area contributed by atoms with Gasteiger partial charge in [0.1, 0.15) is 6.04 Å². The Hall–Kier alpha value is -0.790. The number of nitrogens with one attached hydrogen (secondary N) is 1. The number of rotatable bonds is 8. The van der Waals surface area contributed by atoms with Gasteiger partial charge in [0.25, 0.3) is 0 Å². The molecule has 6 nitrogen and oxygen atoms in total. The first-order chi connectivity index (χ1) is 7.47. The van der Waals surface area contributed by atoms with Crippen molar-refractivity contribution in [2.75, 3.05) is 18.1 Å². The molecule has 4 N–H and O–H groups in total. The van der Waals surface area contributed by atoms with E-state index in [2.05, 4.69) is 5.32 Å². The van der Waals surface area contributed by atoms with Gasteiger partial charge in [0.15, 0.2) is 0 Å². The van der Waals surface area contributed by atoms with Crippen LogP contribution in [0.1, 0.15) is 13.3 Å². The second kappa shape index (κ2) is 8.37. The number of aliphatic hydroxyl groups excluding tert-OH is 2. The van der Waals surface area contributed by atoms with Crippen LogP contribution < -0.4 is 5.32 Å². The molecule has 0 radical (unpaired) electrons. The summed E-state index contributed by atoms with van der Waals surface area (Å²) in [5.41, 5.74) is 0. The van der Waals surface area contributed by atoms with Crippen molar-refractivity contribution >= 4 is 23.6 Å². The average Bonchev–Trinajstić information content (AvgIpc) is 2.21. The van der Waals surface area contributed by atoms with Gasteiger partial charge in [0, 0.05) is 12.7 Å². The summed E-state index contributed by atoms with van der Waals surface area (Å²) in [5.74, 6) is -0.688. The third-order valence-corrected chi connectivity index (χ3v) is 2.86. The van der Waals surface area contributed by atoms with Gasteiger partial charge in [-0.15, -0.1) is 0 Å². The third-order valence-electron chi connectivity index (χ3n) is 1.77. The van der Waals surface area contributed by atoms with Crippen molar-refractivity contribution in [3.63, 3.8) is 0 Å². The van der Waals surface area contributed by atoms with E-state index in [1.807, 2.05) is 0 Å². The Kier molecular flexibility index (Phi) is 7.96. The summed E-state index contributed by atoms with van der Waals surface area (Å²) in [6.45, 7) is 0.963. The molecule has 0 bridgehead atoms. The lowest BCUT2D eigenvalue weighted by Crippen LogP contribution is -2.41. The van der Waals surface area contributed by atoms with Gasteiger partial charge in [0.2, 0.25) is 5.91 Å². The summed E-state index contributed by atoms with van der Waals surface area (Å²) in [4.78, 5) is 21.4. The summed E-state index contributed by atoms with van der Waals surface area (Å²) in [5, 5.41) is 28.6. The number of hydrogen-bond acceptors (Lipinski definition) is 5. The highest BCUT2D eigenvalue weighted by Gasteiger charge is 2.17. The van der Waals surface area contributed by atoms with E-state index in [9.17, 15) is 9.59 Å². The second-order valence-corrected chi connectivity index (χ2v) is 4.44. The van der Waals surface area contributed by atoms with Gasteiger partial charge in [-0.05, 0) is 12.2 Å². The Balaban J connectivity index is 3.77.